The van der Waals surface area contributed by atoms with Crippen molar-refractivity contribution < 1.29 is 8.42 Å². The molecular formula is C11H15ClN2O2S. The molecule has 1 heterocycles. The molecule has 1 atom stereocenters. The minimum Gasteiger partial charge on any atom is -0.397 e. The highest BCUT2D eigenvalue weighted by atomic mass is 35.5. The normalized spacial score (nSPS) is 22.5. The quantitative estimate of drug-likeness (QED) is 0.824. The first kappa shape index (κ1) is 12.5. The van der Waals surface area contributed by atoms with Gasteiger partial charge < -0.3 is 11.1 Å². The summed E-state index contributed by atoms with van der Waals surface area (Å²) in [7, 11) is -2.82. The van der Waals surface area contributed by atoms with Gasteiger partial charge in [0, 0.05) is 11.6 Å². The Labute approximate surface area is 106 Å². The van der Waals surface area contributed by atoms with Crippen molar-refractivity contribution in [3.8, 4) is 0 Å². The largest absolute Gasteiger partial charge is 0.397 e. The Morgan fingerprint density at radius 2 is 2.24 bits per heavy atom. The molecule has 0 saturated carbocycles. The molecule has 1 aromatic rings. The number of halogens is 1. The van der Waals surface area contributed by atoms with Crippen molar-refractivity contribution in [3.05, 3.63) is 23.2 Å². The first-order valence-corrected chi connectivity index (χ1v) is 7.65. The highest BCUT2D eigenvalue weighted by Crippen LogP contribution is 2.25. The second-order valence-corrected chi connectivity index (χ2v) is 7.05. The molecule has 6 heteroatoms. The van der Waals surface area contributed by atoms with Gasteiger partial charge in [0.05, 0.1) is 22.9 Å². The van der Waals surface area contributed by atoms with Crippen LogP contribution in [0.5, 0.6) is 0 Å². The molecule has 0 radical (unpaired) electrons. The van der Waals surface area contributed by atoms with Gasteiger partial charge in [-0.15, -0.1) is 0 Å². The molecule has 2 rings (SSSR count). The third kappa shape index (κ3) is 3.26. The van der Waals surface area contributed by atoms with E-state index in [1.165, 1.54) is 0 Å². The standard InChI is InChI=1S/C11H15ClN2O2S/c12-9-1-2-10(13)11(5-9)14-6-8-3-4-17(15,16)7-8/h1-2,5,8,14H,3-4,6-7,13H2. The number of hydrogen-bond acceptors (Lipinski definition) is 4. The fourth-order valence-corrected chi connectivity index (χ4v) is 4.00. The van der Waals surface area contributed by atoms with Crippen molar-refractivity contribution in [1.29, 1.82) is 0 Å². The zero-order valence-corrected chi connectivity index (χ0v) is 10.9. The summed E-state index contributed by atoms with van der Waals surface area (Å²) in [6, 6.07) is 5.21. The summed E-state index contributed by atoms with van der Waals surface area (Å²) in [6.07, 6.45) is 0.718. The van der Waals surface area contributed by atoms with Gasteiger partial charge in [-0.2, -0.15) is 0 Å². The molecule has 17 heavy (non-hydrogen) atoms. The van der Waals surface area contributed by atoms with Gasteiger partial charge in [0.15, 0.2) is 9.84 Å². The van der Waals surface area contributed by atoms with Crippen LogP contribution in [-0.2, 0) is 9.84 Å². The lowest BCUT2D eigenvalue weighted by Crippen LogP contribution is -2.16. The van der Waals surface area contributed by atoms with Gasteiger partial charge in [0.25, 0.3) is 0 Å². The average molecular weight is 275 g/mol. The zero-order chi connectivity index (χ0) is 12.5. The van der Waals surface area contributed by atoms with Crippen LogP contribution in [0.1, 0.15) is 6.42 Å². The number of nitrogens with two attached hydrogens (primary N) is 1. The smallest absolute Gasteiger partial charge is 0.150 e. The minimum atomic E-state index is -2.82. The monoisotopic (exact) mass is 274 g/mol. The summed E-state index contributed by atoms with van der Waals surface area (Å²) in [4.78, 5) is 0. The molecule has 0 aliphatic carbocycles. The predicted octanol–water partition coefficient (Wildman–Crippen LogP) is 1.77. The van der Waals surface area contributed by atoms with Gasteiger partial charge in [0.2, 0.25) is 0 Å². The van der Waals surface area contributed by atoms with Gasteiger partial charge in [-0.3, -0.25) is 0 Å². The molecule has 0 spiro atoms. The fraction of sp³-hybridized carbons (Fsp3) is 0.455. The third-order valence-electron chi connectivity index (χ3n) is 2.92. The lowest BCUT2D eigenvalue weighted by atomic mass is 10.1. The van der Waals surface area contributed by atoms with E-state index in [-0.39, 0.29) is 11.7 Å². The topological polar surface area (TPSA) is 72.2 Å². The van der Waals surface area contributed by atoms with E-state index in [0.717, 1.165) is 12.1 Å². The van der Waals surface area contributed by atoms with Gasteiger partial charge >= 0.3 is 0 Å². The number of benzene rings is 1. The molecule has 1 fully saturated rings. The molecule has 1 saturated heterocycles. The van der Waals surface area contributed by atoms with Crippen LogP contribution in [0.2, 0.25) is 5.02 Å². The fourth-order valence-electron chi connectivity index (χ4n) is 1.97. The Morgan fingerprint density at radius 3 is 2.88 bits per heavy atom. The molecule has 1 aliphatic rings. The van der Waals surface area contributed by atoms with Gasteiger partial charge in [-0.1, -0.05) is 11.6 Å². The molecule has 1 unspecified atom stereocenters. The van der Waals surface area contributed by atoms with Crippen molar-refractivity contribution in [2.75, 3.05) is 29.1 Å². The van der Waals surface area contributed by atoms with E-state index >= 15 is 0 Å². The SMILES string of the molecule is Nc1ccc(Cl)cc1NCC1CCS(=O)(=O)C1. The molecule has 1 aromatic carbocycles. The van der Waals surface area contributed by atoms with Crippen LogP contribution >= 0.6 is 11.6 Å². The molecule has 0 bridgehead atoms. The lowest BCUT2D eigenvalue weighted by Gasteiger charge is -2.13. The highest BCUT2D eigenvalue weighted by molar-refractivity contribution is 7.91. The molecular weight excluding hydrogens is 260 g/mol. The van der Waals surface area contributed by atoms with Crippen molar-refractivity contribution in [3.63, 3.8) is 0 Å². The Hall–Kier alpha value is -0.940. The van der Waals surface area contributed by atoms with Crippen LogP contribution < -0.4 is 11.1 Å². The first-order valence-electron chi connectivity index (χ1n) is 5.45. The Bertz CT molecular complexity index is 516. The maximum atomic E-state index is 11.3. The average Bonchev–Trinajstić information content (AvgIpc) is 2.60. The summed E-state index contributed by atoms with van der Waals surface area (Å²) in [5, 5.41) is 3.77. The van der Waals surface area contributed by atoms with Crippen molar-refractivity contribution in [2.24, 2.45) is 5.92 Å². The van der Waals surface area contributed by atoms with Crippen LogP contribution in [0.25, 0.3) is 0 Å². The Kier molecular flexibility index (Phi) is 3.49. The van der Waals surface area contributed by atoms with E-state index in [9.17, 15) is 8.42 Å². The number of nitrogens with one attached hydrogen (secondary N) is 1. The molecule has 1 aliphatic heterocycles. The second-order valence-electron chi connectivity index (χ2n) is 4.38. The molecule has 3 N–H and O–H groups in total. The van der Waals surface area contributed by atoms with Crippen molar-refractivity contribution >= 4 is 32.8 Å². The minimum absolute atomic E-state index is 0.165. The number of anilines is 2. The molecule has 0 amide bonds. The number of sulfone groups is 1. The summed E-state index contributed by atoms with van der Waals surface area (Å²) >= 11 is 5.87. The first-order chi connectivity index (χ1) is 7.96. The predicted molar refractivity (Wildman–Crippen MR) is 71.1 cm³/mol. The van der Waals surface area contributed by atoms with E-state index in [4.69, 9.17) is 17.3 Å². The van der Waals surface area contributed by atoms with E-state index in [1.54, 1.807) is 18.2 Å². The van der Waals surface area contributed by atoms with Crippen LogP contribution in [0, 0.1) is 5.92 Å². The summed E-state index contributed by atoms with van der Waals surface area (Å²) in [5.41, 5.74) is 7.17. The maximum Gasteiger partial charge on any atom is 0.150 e. The maximum absolute atomic E-state index is 11.3. The summed E-state index contributed by atoms with van der Waals surface area (Å²) < 4.78 is 22.6. The second kappa shape index (κ2) is 4.74. The van der Waals surface area contributed by atoms with Crippen molar-refractivity contribution in [1.82, 2.24) is 0 Å². The van der Waals surface area contributed by atoms with Gasteiger partial charge in [-0.25, -0.2) is 8.42 Å². The number of nitrogen functional groups attached to an aromatic ring is 1. The van der Waals surface area contributed by atoms with E-state index in [1.807, 2.05) is 0 Å². The Balaban J connectivity index is 1.97. The van der Waals surface area contributed by atoms with Gasteiger partial charge in [0.1, 0.15) is 0 Å². The van der Waals surface area contributed by atoms with Crippen LogP contribution in [0.4, 0.5) is 11.4 Å². The summed E-state index contributed by atoms with van der Waals surface area (Å²) in [6.45, 7) is 0.615. The van der Waals surface area contributed by atoms with E-state index in [2.05, 4.69) is 5.32 Å². The third-order valence-corrected chi connectivity index (χ3v) is 5.00. The lowest BCUT2D eigenvalue weighted by molar-refractivity contribution is 0.596. The van der Waals surface area contributed by atoms with Gasteiger partial charge in [-0.05, 0) is 30.5 Å². The Morgan fingerprint density at radius 1 is 1.47 bits per heavy atom. The van der Waals surface area contributed by atoms with Crippen LogP contribution in [0.15, 0.2) is 18.2 Å². The van der Waals surface area contributed by atoms with E-state index < -0.39 is 9.84 Å². The molecule has 94 valence electrons. The molecule has 4 nitrogen and oxygen atoms in total. The number of rotatable bonds is 3. The zero-order valence-electron chi connectivity index (χ0n) is 9.32. The summed E-state index contributed by atoms with van der Waals surface area (Å²) in [5.74, 6) is 0.726. The highest BCUT2D eigenvalue weighted by Gasteiger charge is 2.27. The number of hydrogen-bond donors (Lipinski definition) is 2. The van der Waals surface area contributed by atoms with Crippen LogP contribution in [-0.4, -0.2) is 26.5 Å². The van der Waals surface area contributed by atoms with Crippen LogP contribution in [0.3, 0.4) is 0 Å². The van der Waals surface area contributed by atoms with E-state index in [0.29, 0.717) is 23.0 Å². The molecule has 0 aromatic heterocycles. The van der Waals surface area contributed by atoms with Crippen molar-refractivity contribution in [2.45, 2.75) is 6.42 Å².